The lowest BCUT2D eigenvalue weighted by Crippen LogP contribution is -1.99. The molecular weight excluding hydrogens is 238 g/mol. The van der Waals surface area contributed by atoms with Crippen molar-refractivity contribution in [1.29, 1.82) is 0 Å². The Morgan fingerprint density at radius 1 is 1.05 bits per heavy atom. The first-order valence-electron chi connectivity index (χ1n) is 6.45. The van der Waals surface area contributed by atoms with E-state index in [0.29, 0.717) is 6.61 Å². The zero-order chi connectivity index (χ0) is 13.5. The number of aliphatic hydroxyl groups is 1. The van der Waals surface area contributed by atoms with Crippen LogP contribution >= 0.6 is 0 Å². The number of nitrogen functional groups attached to an aromatic ring is 1. The van der Waals surface area contributed by atoms with Gasteiger partial charge < -0.3 is 15.6 Å². The van der Waals surface area contributed by atoms with Crippen molar-refractivity contribution < 1.29 is 9.84 Å². The molecule has 0 aromatic heterocycles. The van der Waals surface area contributed by atoms with Crippen molar-refractivity contribution in [3.05, 3.63) is 59.7 Å². The van der Waals surface area contributed by atoms with Gasteiger partial charge in [-0.3, -0.25) is 0 Å². The number of aliphatic hydroxyl groups excluding tert-OH is 1. The van der Waals surface area contributed by atoms with Crippen LogP contribution in [0.4, 0.5) is 5.69 Å². The summed E-state index contributed by atoms with van der Waals surface area (Å²) in [5.41, 5.74) is 8.88. The van der Waals surface area contributed by atoms with E-state index in [-0.39, 0.29) is 6.61 Å². The number of hydrogen-bond donors (Lipinski definition) is 2. The van der Waals surface area contributed by atoms with Crippen LogP contribution in [-0.4, -0.2) is 11.7 Å². The van der Waals surface area contributed by atoms with Gasteiger partial charge in [0.15, 0.2) is 0 Å². The van der Waals surface area contributed by atoms with Crippen molar-refractivity contribution in [1.82, 2.24) is 0 Å². The highest BCUT2D eigenvalue weighted by Crippen LogP contribution is 2.22. The van der Waals surface area contributed by atoms with E-state index in [0.717, 1.165) is 35.4 Å². The third kappa shape index (κ3) is 4.00. The highest BCUT2D eigenvalue weighted by Gasteiger charge is 2.02. The van der Waals surface area contributed by atoms with E-state index in [2.05, 4.69) is 0 Å². The molecule has 0 saturated heterocycles. The van der Waals surface area contributed by atoms with Gasteiger partial charge in [0.2, 0.25) is 0 Å². The van der Waals surface area contributed by atoms with Crippen molar-refractivity contribution in [3.8, 4) is 5.75 Å². The molecule has 0 aliphatic rings. The fourth-order valence-electron chi connectivity index (χ4n) is 1.90. The molecule has 2 rings (SSSR count). The molecule has 3 nitrogen and oxygen atoms in total. The number of aryl methyl sites for hydroxylation is 1. The summed E-state index contributed by atoms with van der Waals surface area (Å²) in [5.74, 6) is 0.772. The zero-order valence-corrected chi connectivity index (χ0v) is 10.9. The van der Waals surface area contributed by atoms with Crippen molar-refractivity contribution in [2.75, 3.05) is 12.3 Å². The molecular formula is C16H19NO2. The topological polar surface area (TPSA) is 55.5 Å². The molecule has 19 heavy (non-hydrogen) atoms. The second kappa shape index (κ2) is 6.81. The summed E-state index contributed by atoms with van der Waals surface area (Å²) >= 11 is 0. The predicted octanol–water partition coefficient (Wildman–Crippen LogP) is 2.77. The minimum atomic E-state index is 0.186. The van der Waals surface area contributed by atoms with Gasteiger partial charge in [0.25, 0.3) is 0 Å². The molecule has 0 fully saturated rings. The first-order valence-corrected chi connectivity index (χ1v) is 6.45. The average Bonchev–Trinajstić information content (AvgIpc) is 2.45. The molecule has 0 spiro atoms. The van der Waals surface area contributed by atoms with Crippen molar-refractivity contribution in [2.24, 2.45) is 0 Å². The normalized spacial score (nSPS) is 10.4. The molecule has 0 aliphatic heterocycles. The Morgan fingerprint density at radius 2 is 1.84 bits per heavy atom. The van der Waals surface area contributed by atoms with E-state index < -0.39 is 0 Å². The molecule has 0 bridgehead atoms. The number of hydrogen-bond acceptors (Lipinski definition) is 3. The van der Waals surface area contributed by atoms with E-state index in [1.165, 1.54) is 0 Å². The number of anilines is 1. The first-order chi connectivity index (χ1) is 9.29. The van der Waals surface area contributed by atoms with Gasteiger partial charge in [-0.1, -0.05) is 36.4 Å². The molecule has 2 aromatic carbocycles. The summed E-state index contributed by atoms with van der Waals surface area (Å²) in [5, 5.41) is 8.82. The second-order valence-electron chi connectivity index (χ2n) is 4.46. The van der Waals surface area contributed by atoms with Gasteiger partial charge in [-0.2, -0.15) is 0 Å². The summed E-state index contributed by atoms with van der Waals surface area (Å²) in [7, 11) is 0. The van der Waals surface area contributed by atoms with Crippen LogP contribution < -0.4 is 10.5 Å². The molecule has 0 unspecified atom stereocenters. The summed E-state index contributed by atoms with van der Waals surface area (Å²) in [6, 6.07) is 15.7. The van der Waals surface area contributed by atoms with Crippen LogP contribution in [0.15, 0.2) is 48.5 Å². The average molecular weight is 257 g/mol. The van der Waals surface area contributed by atoms with Gasteiger partial charge >= 0.3 is 0 Å². The Labute approximate surface area is 113 Å². The molecule has 0 amide bonds. The van der Waals surface area contributed by atoms with E-state index >= 15 is 0 Å². The van der Waals surface area contributed by atoms with Crippen LogP contribution in [0.3, 0.4) is 0 Å². The lowest BCUT2D eigenvalue weighted by atomic mass is 10.1. The Bertz CT molecular complexity index is 511. The zero-order valence-electron chi connectivity index (χ0n) is 10.9. The molecule has 3 heteroatoms. The molecule has 2 aromatic rings. The van der Waals surface area contributed by atoms with Gasteiger partial charge in [-0.05, 0) is 30.0 Å². The number of nitrogens with two attached hydrogens (primary N) is 1. The fraction of sp³-hybridized carbons (Fsp3) is 0.250. The van der Waals surface area contributed by atoms with Gasteiger partial charge in [0.05, 0.1) is 0 Å². The maximum Gasteiger partial charge on any atom is 0.121 e. The van der Waals surface area contributed by atoms with Crippen LogP contribution in [0, 0.1) is 0 Å². The maximum absolute atomic E-state index is 8.82. The molecule has 100 valence electrons. The molecule has 0 aliphatic carbocycles. The molecule has 0 radical (unpaired) electrons. The van der Waals surface area contributed by atoms with E-state index in [1.807, 2.05) is 48.5 Å². The quantitative estimate of drug-likeness (QED) is 0.782. The van der Waals surface area contributed by atoms with Crippen molar-refractivity contribution >= 4 is 5.69 Å². The Morgan fingerprint density at radius 3 is 2.53 bits per heavy atom. The van der Waals surface area contributed by atoms with Gasteiger partial charge in [0, 0.05) is 18.4 Å². The number of ether oxygens (including phenoxy) is 1. The lowest BCUT2D eigenvalue weighted by molar-refractivity contribution is 0.288. The van der Waals surface area contributed by atoms with Crippen LogP contribution in [0.2, 0.25) is 0 Å². The highest BCUT2D eigenvalue weighted by atomic mass is 16.5. The Balaban J connectivity index is 1.96. The van der Waals surface area contributed by atoms with Crippen molar-refractivity contribution in [3.63, 3.8) is 0 Å². The smallest absolute Gasteiger partial charge is 0.121 e. The standard InChI is InChI=1S/C16H19NO2/c17-16-11-15(9-8-14(16)7-4-10-18)19-12-13-5-2-1-3-6-13/h1-3,5-6,8-9,11,18H,4,7,10,12,17H2. The van der Waals surface area contributed by atoms with Crippen molar-refractivity contribution in [2.45, 2.75) is 19.4 Å². The lowest BCUT2D eigenvalue weighted by Gasteiger charge is -2.10. The van der Waals surface area contributed by atoms with Gasteiger partial charge in [0.1, 0.15) is 12.4 Å². The predicted molar refractivity (Wildman–Crippen MR) is 77.0 cm³/mol. The summed E-state index contributed by atoms with van der Waals surface area (Å²) < 4.78 is 5.70. The highest BCUT2D eigenvalue weighted by molar-refractivity contribution is 5.51. The Kier molecular flexibility index (Phi) is 4.81. The number of benzene rings is 2. The summed E-state index contributed by atoms with van der Waals surface area (Å²) in [6.45, 7) is 0.724. The third-order valence-corrected chi connectivity index (χ3v) is 2.97. The van der Waals surface area contributed by atoms with Gasteiger partial charge in [-0.25, -0.2) is 0 Å². The summed E-state index contributed by atoms with van der Waals surface area (Å²) in [4.78, 5) is 0. The maximum atomic E-state index is 8.82. The SMILES string of the molecule is Nc1cc(OCc2ccccc2)ccc1CCCO. The molecule has 0 saturated carbocycles. The van der Waals surface area contributed by atoms with E-state index in [1.54, 1.807) is 0 Å². The second-order valence-corrected chi connectivity index (χ2v) is 4.46. The third-order valence-electron chi connectivity index (χ3n) is 2.97. The minimum absolute atomic E-state index is 0.186. The largest absolute Gasteiger partial charge is 0.489 e. The molecule has 0 heterocycles. The van der Waals surface area contributed by atoms with Crippen LogP contribution in [0.1, 0.15) is 17.5 Å². The first kappa shape index (κ1) is 13.4. The van der Waals surface area contributed by atoms with Crippen LogP contribution in [-0.2, 0) is 13.0 Å². The van der Waals surface area contributed by atoms with Crippen LogP contribution in [0.5, 0.6) is 5.75 Å². The van der Waals surface area contributed by atoms with Gasteiger partial charge in [-0.15, -0.1) is 0 Å². The summed E-state index contributed by atoms with van der Waals surface area (Å²) in [6.07, 6.45) is 1.52. The Hall–Kier alpha value is -2.00. The monoisotopic (exact) mass is 257 g/mol. The van der Waals surface area contributed by atoms with E-state index in [9.17, 15) is 0 Å². The molecule has 0 atom stereocenters. The molecule has 3 N–H and O–H groups in total. The van der Waals surface area contributed by atoms with Crippen LogP contribution in [0.25, 0.3) is 0 Å². The number of rotatable bonds is 6. The fourth-order valence-corrected chi connectivity index (χ4v) is 1.90. The minimum Gasteiger partial charge on any atom is -0.489 e. The van der Waals surface area contributed by atoms with E-state index in [4.69, 9.17) is 15.6 Å².